The molecule has 0 unspecified atom stereocenters. The second-order valence-electron chi connectivity index (χ2n) is 4.98. The van der Waals surface area contributed by atoms with Crippen LogP contribution < -0.4 is 15.4 Å². The topological polar surface area (TPSA) is 68.5 Å². The van der Waals surface area contributed by atoms with Gasteiger partial charge < -0.3 is 15.4 Å². The standard InChI is InChI=1S/C15H17N3O2S/c1-9-15(17-13(21-9)5-6-16)10-3-4-12-11(7-10)18(2)14(19)8-20-12/h3-4,7H,5-6,8,16H2,1-2H3. The minimum absolute atomic E-state index is 0.0431. The first kappa shape index (κ1) is 14.0. The van der Waals surface area contributed by atoms with Gasteiger partial charge in [0.2, 0.25) is 0 Å². The lowest BCUT2D eigenvalue weighted by Crippen LogP contribution is -2.35. The van der Waals surface area contributed by atoms with Crippen LogP contribution >= 0.6 is 11.3 Å². The fourth-order valence-corrected chi connectivity index (χ4v) is 3.34. The predicted molar refractivity (Wildman–Crippen MR) is 84.0 cm³/mol. The molecule has 2 N–H and O–H groups in total. The van der Waals surface area contributed by atoms with E-state index in [0.717, 1.165) is 39.0 Å². The largest absolute Gasteiger partial charge is 0.482 e. The van der Waals surface area contributed by atoms with Crippen LogP contribution in [0.5, 0.6) is 5.75 Å². The molecule has 0 saturated heterocycles. The summed E-state index contributed by atoms with van der Waals surface area (Å²) in [6, 6.07) is 5.84. The van der Waals surface area contributed by atoms with Gasteiger partial charge in [0.05, 0.1) is 16.4 Å². The Kier molecular flexibility index (Phi) is 3.65. The Morgan fingerprint density at radius 3 is 3.05 bits per heavy atom. The first-order chi connectivity index (χ1) is 10.1. The molecule has 21 heavy (non-hydrogen) atoms. The number of amides is 1. The Morgan fingerprint density at radius 1 is 1.48 bits per heavy atom. The number of thiazole rings is 1. The lowest BCUT2D eigenvalue weighted by atomic mass is 10.1. The van der Waals surface area contributed by atoms with Crippen LogP contribution in [-0.4, -0.2) is 31.1 Å². The van der Waals surface area contributed by atoms with Gasteiger partial charge in [0, 0.05) is 23.9 Å². The van der Waals surface area contributed by atoms with Crippen LogP contribution in [0.25, 0.3) is 11.3 Å². The Labute approximate surface area is 127 Å². The fourth-order valence-electron chi connectivity index (χ4n) is 2.37. The summed E-state index contributed by atoms with van der Waals surface area (Å²) in [7, 11) is 1.77. The summed E-state index contributed by atoms with van der Waals surface area (Å²) >= 11 is 1.67. The van der Waals surface area contributed by atoms with E-state index in [-0.39, 0.29) is 12.5 Å². The number of likely N-dealkylation sites (N-methyl/N-ethyl adjacent to an activating group) is 1. The summed E-state index contributed by atoms with van der Waals surface area (Å²) < 4.78 is 5.45. The Hall–Kier alpha value is -1.92. The van der Waals surface area contributed by atoms with Crippen LogP contribution in [0.4, 0.5) is 5.69 Å². The number of hydrogen-bond donors (Lipinski definition) is 1. The average molecular weight is 303 g/mol. The van der Waals surface area contributed by atoms with E-state index >= 15 is 0 Å². The summed E-state index contributed by atoms with van der Waals surface area (Å²) in [5.41, 5.74) is 8.33. The number of rotatable bonds is 3. The van der Waals surface area contributed by atoms with E-state index in [9.17, 15) is 4.79 Å². The van der Waals surface area contributed by atoms with Crippen molar-refractivity contribution in [1.82, 2.24) is 4.98 Å². The predicted octanol–water partition coefficient (Wildman–Crippen LogP) is 1.97. The molecule has 0 fully saturated rings. The number of anilines is 1. The highest BCUT2D eigenvalue weighted by Gasteiger charge is 2.23. The van der Waals surface area contributed by atoms with Crippen LogP contribution in [0.15, 0.2) is 18.2 Å². The number of hydrogen-bond acceptors (Lipinski definition) is 5. The molecule has 6 heteroatoms. The molecule has 1 aromatic heterocycles. The van der Waals surface area contributed by atoms with E-state index in [0.29, 0.717) is 6.54 Å². The summed E-state index contributed by atoms with van der Waals surface area (Å²) in [5, 5.41) is 1.04. The monoisotopic (exact) mass is 303 g/mol. The third kappa shape index (κ3) is 2.52. The molecule has 0 radical (unpaired) electrons. The summed E-state index contributed by atoms with van der Waals surface area (Å²) in [6.07, 6.45) is 0.790. The average Bonchev–Trinajstić information content (AvgIpc) is 2.84. The van der Waals surface area contributed by atoms with Gasteiger partial charge in [0.1, 0.15) is 5.75 Å². The Balaban J connectivity index is 2.02. The minimum Gasteiger partial charge on any atom is -0.482 e. The van der Waals surface area contributed by atoms with Crippen molar-refractivity contribution in [1.29, 1.82) is 0 Å². The van der Waals surface area contributed by atoms with E-state index in [4.69, 9.17) is 10.5 Å². The van der Waals surface area contributed by atoms with Gasteiger partial charge in [-0.2, -0.15) is 0 Å². The maximum absolute atomic E-state index is 11.7. The van der Waals surface area contributed by atoms with Crippen molar-refractivity contribution >= 4 is 22.9 Å². The summed E-state index contributed by atoms with van der Waals surface area (Å²) in [4.78, 5) is 19.2. The molecule has 0 spiro atoms. The molecule has 2 aromatic rings. The Bertz CT molecular complexity index is 696. The first-order valence-corrected chi connectivity index (χ1v) is 7.62. The molecule has 1 aromatic carbocycles. The lowest BCUT2D eigenvalue weighted by Gasteiger charge is -2.26. The second-order valence-corrected chi connectivity index (χ2v) is 6.26. The van der Waals surface area contributed by atoms with E-state index in [1.54, 1.807) is 23.3 Å². The smallest absolute Gasteiger partial charge is 0.264 e. The van der Waals surface area contributed by atoms with Gasteiger partial charge >= 0.3 is 0 Å². The van der Waals surface area contributed by atoms with Crippen molar-refractivity contribution < 1.29 is 9.53 Å². The molecule has 0 aliphatic carbocycles. The van der Waals surface area contributed by atoms with Gasteiger partial charge in [0.15, 0.2) is 6.61 Å². The molecule has 110 valence electrons. The highest BCUT2D eigenvalue weighted by atomic mass is 32.1. The normalized spacial score (nSPS) is 14.0. The quantitative estimate of drug-likeness (QED) is 0.941. The van der Waals surface area contributed by atoms with Gasteiger partial charge in [-0.15, -0.1) is 11.3 Å². The molecular formula is C15H17N3O2S. The van der Waals surface area contributed by atoms with Crippen LogP contribution in [0.2, 0.25) is 0 Å². The van der Waals surface area contributed by atoms with E-state index in [1.165, 1.54) is 0 Å². The molecule has 1 aliphatic heterocycles. The number of nitrogens with two attached hydrogens (primary N) is 1. The van der Waals surface area contributed by atoms with Crippen LogP contribution in [-0.2, 0) is 11.2 Å². The molecule has 0 saturated carbocycles. The zero-order valence-electron chi connectivity index (χ0n) is 12.0. The maximum atomic E-state index is 11.7. The van der Waals surface area contributed by atoms with Gasteiger partial charge in [-0.05, 0) is 31.7 Å². The van der Waals surface area contributed by atoms with Crippen LogP contribution in [0.3, 0.4) is 0 Å². The highest BCUT2D eigenvalue weighted by Crippen LogP contribution is 2.36. The van der Waals surface area contributed by atoms with Crippen molar-refractivity contribution in [2.75, 3.05) is 25.1 Å². The van der Waals surface area contributed by atoms with Gasteiger partial charge in [-0.1, -0.05) is 0 Å². The zero-order valence-corrected chi connectivity index (χ0v) is 12.9. The van der Waals surface area contributed by atoms with Gasteiger partial charge in [0.25, 0.3) is 5.91 Å². The number of ether oxygens (including phenoxy) is 1. The van der Waals surface area contributed by atoms with Crippen molar-refractivity contribution in [3.63, 3.8) is 0 Å². The summed E-state index contributed by atoms with van der Waals surface area (Å²) in [6.45, 7) is 2.75. The third-order valence-corrected chi connectivity index (χ3v) is 4.55. The van der Waals surface area contributed by atoms with Crippen molar-refractivity contribution in [2.24, 2.45) is 5.73 Å². The van der Waals surface area contributed by atoms with Gasteiger partial charge in [-0.3, -0.25) is 4.79 Å². The number of carbonyl (C=O) groups is 1. The molecule has 2 heterocycles. The second kappa shape index (κ2) is 5.46. The van der Waals surface area contributed by atoms with Crippen molar-refractivity contribution in [2.45, 2.75) is 13.3 Å². The molecule has 5 nitrogen and oxygen atoms in total. The molecule has 3 rings (SSSR count). The van der Waals surface area contributed by atoms with Crippen molar-refractivity contribution in [3.8, 4) is 17.0 Å². The number of aromatic nitrogens is 1. The van der Waals surface area contributed by atoms with E-state index < -0.39 is 0 Å². The molecule has 1 aliphatic rings. The van der Waals surface area contributed by atoms with Crippen molar-refractivity contribution in [3.05, 3.63) is 28.1 Å². The molecule has 0 bridgehead atoms. The zero-order chi connectivity index (χ0) is 15.0. The number of nitrogens with zero attached hydrogens (tertiary/aromatic N) is 2. The first-order valence-electron chi connectivity index (χ1n) is 6.80. The number of carbonyl (C=O) groups excluding carboxylic acids is 1. The molecular weight excluding hydrogens is 286 g/mol. The minimum atomic E-state index is -0.0431. The number of aryl methyl sites for hydroxylation is 1. The fraction of sp³-hybridized carbons (Fsp3) is 0.333. The maximum Gasteiger partial charge on any atom is 0.264 e. The molecule has 1 amide bonds. The molecule has 0 atom stereocenters. The number of fused-ring (bicyclic) bond motifs is 1. The van der Waals surface area contributed by atoms with Gasteiger partial charge in [-0.25, -0.2) is 4.98 Å². The third-order valence-electron chi connectivity index (χ3n) is 3.52. The summed E-state index contributed by atoms with van der Waals surface area (Å²) in [5.74, 6) is 0.689. The van der Waals surface area contributed by atoms with Crippen LogP contribution in [0.1, 0.15) is 9.88 Å². The highest BCUT2D eigenvalue weighted by molar-refractivity contribution is 7.12. The lowest BCUT2D eigenvalue weighted by molar-refractivity contribution is -0.120. The SMILES string of the molecule is Cc1sc(CCN)nc1-c1ccc2c(c1)N(C)C(=O)CO2. The van der Waals surface area contributed by atoms with E-state index in [1.807, 2.05) is 18.2 Å². The Morgan fingerprint density at radius 2 is 2.29 bits per heavy atom. The number of benzene rings is 1. The van der Waals surface area contributed by atoms with E-state index in [2.05, 4.69) is 11.9 Å². The van der Waals surface area contributed by atoms with Crippen LogP contribution in [0, 0.1) is 6.92 Å².